The highest BCUT2D eigenvalue weighted by molar-refractivity contribution is 7.99. The third kappa shape index (κ3) is 3.19. The maximum Gasteiger partial charge on any atom is 0.238 e. The maximum atomic E-state index is 11.4. The Morgan fingerprint density at radius 1 is 1.59 bits per heavy atom. The van der Waals surface area contributed by atoms with E-state index < -0.39 is 5.54 Å². The van der Waals surface area contributed by atoms with Crippen molar-refractivity contribution in [1.29, 1.82) is 0 Å². The minimum Gasteiger partial charge on any atom is -0.368 e. The summed E-state index contributed by atoms with van der Waals surface area (Å²) in [7, 11) is 1.90. The predicted octanol–water partition coefficient (Wildman–Crippen LogP) is 0.0691. The van der Waals surface area contributed by atoms with Crippen LogP contribution in [0, 0.1) is 6.92 Å². The van der Waals surface area contributed by atoms with Gasteiger partial charge in [-0.25, -0.2) is 0 Å². The molecule has 0 bridgehead atoms. The van der Waals surface area contributed by atoms with Crippen LogP contribution in [0.3, 0.4) is 0 Å². The number of carbonyl (C=O) groups excluding carboxylic acids is 1. The highest BCUT2D eigenvalue weighted by Gasteiger charge is 2.30. The first kappa shape index (κ1) is 14.0. The van der Waals surface area contributed by atoms with Gasteiger partial charge in [-0.2, -0.15) is 0 Å². The third-order valence-corrected chi connectivity index (χ3v) is 3.99. The van der Waals surface area contributed by atoms with Gasteiger partial charge in [0.1, 0.15) is 11.4 Å². The zero-order chi connectivity index (χ0) is 13.1. The van der Waals surface area contributed by atoms with Crippen molar-refractivity contribution in [2.45, 2.75) is 31.5 Å². The van der Waals surface area contributed by atoms with Crippen molar-refractivity contribution in [3.63, 3.8) is 0 Å². The van der Waals surface area contributed by atoms with Gasteiger partial charge in [0.25, 0.3) is 0 Å². The number of carbonyl (C=O) groups is 1. The number of likely N-dealkylation sites (N-methyl/N-ethyl adjacent to an activating group) is 1. The standard InChI is InChI=1S/C10H19N5OS/c1-5-12-10(3,8(11)16)6-17-9-14-13-7(2)15(9)4/h12H,5-6H2,1-4H3,(H2,11,16). The van der Waals surface area contributed by atoms with E-state index in [1.807, 2.05) is 25.5 Å². The van der Waals surface area contributed by atoms with Crippen LogP contribution in [0.5, 0.6) is 0 Å². The van der Waals surface area contributed by atoms with E-state index in [2.05, 4.69) is 15.5 Å². The summed E-state index contributed by atoms with van der Waals surface area (Å²) in [5.74, 6) is 1.02. The second kappa shape index (κ2) is 5.50. The molecule has 1 aromatic rings. The Bertz CT molecular complexity index is 405. The molecule has 96 valence electrons. The average molecular weight is 257 g/mol. The fraction of sp³-hybridized carbons (Fsp3) is 0.700. The monoisotopic (exact) mass is 257 g/mol. The van der Waals surface area contributed by atoms with Crippen LogP contribution in [0.4, 0.5) is 0 Å². The molecule has 0 aliphatic rings. The van der Waals surface area contributed by atoms with Crippen LogP contribution >= 0.6 is 11.8 Å². The number of primary amides is 1. The van der Waals surface area contributed by atoms with Crippen LogP contribution in [0.2, 0.25) is 0 Å². The molecule has 0 fully saturated rings. The van der Waals surface area contributed by atoms with E-state index in [1.54, 1.807) is 6.92 Å². The molecular weight excluding hydrogens is 238 g/mol. The topological polar surface area (TPSA) is 85.8 Å². The minimum atomic E-state index is -0.723. The largest absolute Gasteiger partial charge is 0.368 e. The Balaban J connectivity index is 2.71. The number of hydrogen-bond donors (Lipinski definition) is 2. The lowest BCUT2D eigenvalue weighted by molar-refractivity contribution is -0.122. The first-order valence-electron chi connectivity index (χ1n) is 5.44. The van der Waals surface area contributed by atoms with Crippen molar-refractivity contribution >= 4 is 17.7 Å². The zero-order valence-corrected chi connectivity index (χ0v) is 11.5. The number of rotatable bonds is 6. The van der Waals surface area contributed by atoms with Crippen LogP contribution in [0.15, 0.2) is 5.16 Å². The van der Waals surface area contributed by atoms with Gasteiger partial charge in [-0.1, -0.05) is 18.7 Å². The van der Waals surface area contributed by atoms with E-state index in [-0.39, 0.29) is 5.91 Å². The first-order valence-corrected chi connectivity index (χ1v) is 6.43. The molecular formula is C10H19N5OS. The van der Waals surface area contributed by atoms with Crippen LogP contribution < -0.4 is 11.1 Å². The van der Waals surface area contributed by atoms with E-state index in [4.69, 9.17) is 5.73 Å². The van der Waals surface area contributed by atoms with E-state index in [1.165, 1.54) is 11.8 Å². The Hall–Kier alpha value is -1.08. The molecule has 17 heavy (non-hydrogen) atoms. The van der Waals surface area contributed by atoms with Crippen molar-refractivity contribution in [3.8, 4) is 0 Å². The van der Waals surface area contributed by atoms with Gasteiger partial charge in [-0.3, -0.25) is 4.79 Å². The second-order valence-corrected chi connectivity index (χ2v) is 5.05. The molecule has 1 rings (SSSR count). The van der Waals surface area contributed by atoms with E-state index in [0.717, 1.165) is 11.0 Å². The Morgan fingerprint density at radius 2 is 2.24 bits per heavy atom. The maximum absolute atomic E-state index is 11.4. The smallest absolute Gasteiger partial charge is 0.238 e. The molecule has 1 unspecified atom stereocenters. The van der Waals surface area contributed by atoms with Gasteiger partial charge >= 0.3 is 0 Å². The number of nitrogens with zero attached hydrogens (tertiary/aromatic N) is 3. The molecule has 0 aliphatic heterocycles. The van der Waals surface area contributed by atoms with Gasteiger partial charge in [-0.15, -0.1) is 10.2 Å². The lowest BCUT2D eigenvalue weighted by atomic mass is 10.1. The molecule has 1 amide bonds. The molecule has 0 saturated heterocycles. The molecule has 0 radical (unpaired) electrons. The van der Waals surface area contributed by atoms with Crippen LogP contribution in [-0.2, 0) is 11.8 Å². The molecule has 0 spiro atoms. The predicted molar refractivity (Wildman–Crippen MR) is 67.7 cm³/mol. The van der Waals surface area contributed by atoms with Crippen LogP contribution in [0.25, 0.3) is 0 Å². The molecule has 0 saturated carbocycles. The van der Waals surface area contributed by atoms with Gasteiger partial charge in [-0.05, 0) is 20.4 Å². The summed E-state index contributed by atoms with van der Waals surface area (Å²) in [6, 6.07) is 0. The third-order valence-electron chi connectivity index (χ3n) is 2.65. The first-order chi connectivity index (χ1) is 7.90. The van der Waals surface area contributed by atoms with Gasteiger partial charge in [0.15, 0.2) is 5.16 Å². The number of thioether (sulfide) groups is 1. The summed E-state index contributed by atoms with van der Waals surface area (Å²) < 4.78 is 1.89. The summed E-state index contributed by atoms with van der Waals surface area (Å²) in [6.07, 6.45) is 0. The van der Waals surface area contributed by atoms with Gasteiger partial charge in [0.05, 0.1) is 0 Å². The number of amides is 1. The highest BCUT2D eigenvalue weighted by Crippen LogP contribution is 2.20. The number of nitrogens with two attached hydrogens (primary N) is 1. The SMILES string of the molecule is CCNC(C)(CSc1nnc(C)n1C)C(N)=O. The molecule has 6 nitrogen and oxygen atoms in total. The minimum absolute atomic E-state index is 0.356. The fourth-order valence-electron chi connectivity index (χ4n) is 1.32. The number of hydrogen-bond acceptors (Lipinski definition) is 5. The van der Waals surface area contributed by atoms with Crippen molar-refractivity contribution in [2.75, 3.05) is 12.3 Å². The van der Waals surface area contributed by atoms with Gasteiger partial charge < -0.3 is 15.6 Å². The van der Waals surface area contributed by atoms with E-state index >= 15 is 0 Å². The van der Waals surface area contributed by atoms with Crippen molar-refractivity contribution < 1.29 is 4.79 Å². The molecule has 1 heterocycles. The van der Waals surface area contributed by atoms with Crippen LogP contribution in [0.1, 0.15) is 19.7 Å². The van der Waals surface area contributed by atoms with Crippen molar-refractivity contribution in [2.24, 2.45) is 12.8 Å². The molecule has 1 aromatic heterocycles. The lowest BCUT2D eigenvalue weighted by Gasteiger charge is -2.26. The Labute approximate surface area is 105 Å². The number of aryl methyl sites for hydroxylation is 1. The number of nitrogens with one attached hydrogen (secondary N) is 1. The summed E-state index contributed by atoms with van der Waals surface area (Å²) in [5.41, 5.74) is 4.68. The normalized spacial score (nSPS) is 14.6. The second-order valence-electron chi connectivity index (χ2n) is 4.10. The van der Waals surface area contributed by atoms with Gasteiger partial charge in [0.2, 0.25) is 5.91 Å². The Morgan fingerprint density at radius 3 is 2.65 bits per heavy atom. The van der Waals surface area contributed by atoms with E-state index in [9.17, 15) is 4.79 Å². The Kier molecular flexibility index (Phi) is 4.53. The summed E-state index contributed by atoms with van der Waals surface area (Å²) >= 11 is 1.47. The molecule has 7 heteroatoms. The zero-order valence-electron chi connectivity index (χ0n) is 10.6. The summed E-state index contributed by atoms with van der Waals surface area (Å²) in [6.45, 7) is 6.32. The van der Waals surface area contributed by atoms with Gasteiger partial charge in [0, 0.05) is 12.8 Å². The molecule has 3 N–H and O–H groups in total. The average Bonchev–Trinajstić information content (AvgIpc) is 2.57. The van der Waals surface area contributed by atoms with Crippen LogP contribution in [-0.4, -0.2) is 38.5 Å². The summed E-state index contributed by atoms with van der Waals surface area (Å²) in [4.78, 5) is 11.4. The lowest BCUT2D eigenvalue weighted by Crippen LogP contribution is -2.55. The molecule has 0 aliphatic carbocycles. The highest BCUT2D eigenvalue weighted by atomic mass is 32.2. The van der Waals surface area contributed by atoms with Crippen molar-refractivity contribution in [1.82, 2.24) is 20.1 Å². The molecule has 1 atom stereocenters. The van der Waals surface area contributed by atoms with E-state index in [0.29, 0.717) is 12.3 Å². The fourth-order valence-corrected chi connectivity index (χ4v) is 2.41. The quantitative estimate of drug-likeness (QED) is 0.704. The molecule has 0 aromatic carbocycles. The summed E-state index contributed by atoms with van der Waals surface area (Å²) in [5, 5.41) is 11.9. The van der Waals surface area contributed by atoms with Crippen molar-refractivity contribution in [3.05, 3.63) is 5.82 Å². The number of aromatic nitrogens is 3.